The molecule has 2 heterocycles. The first-order valence-electron chi connectivity index (χ1n) is 5.64. The third-order valence-electron chi connectivity index (χ3n) is 2.76. The van der Waals surface area contributed by atoms with E-state index in [1.165, 1.54) is 5.56 Å². The van der Waals surface area contributed by atoms with Crippen LogP contribution in [-0.2, 0) is 4.74 Å². The number of hydrogen-bond donors (Lipinski definition) is 2. The number of nitrogens with zero attached hydrogens (tertiary/aromatic N) is 2. The number of anilines is 1. The maximum atomic E-state index is 5.34. The summed E-state index contributed by atoms with van der Waals surface area (Å²) < 4.78 is 5.34. The van der Waals surface area contributed by atoms with Crippen molar-refractivity contribution in [2.75, 3.05) is 30.8 Å². The molecule has 0 radical (unpaired) electrons. The second-order valence-corrected chi connectivity index (χ2v) is 4.32. The van der Waals surface area contributed by atoms with Crippen LogP contribution in [0.3, 0.4) is 0 Å². The van der Waals surface area contributed by atoms with E-state index in [0.29, 0.717) is 11.9 Å². The van der Waals surface area contributed by atoms with Crippen LogP contribution < -0.4 is 5.32 Å². The second kappa shape index (κ2) is 6.06. The van der Waals surface area contributed by atoms with Crippen LogP contribution in [0.2, 0.25) is 0 Å². The predicted molar refractivity (Wildman–Crippen MR) is 67.2 cm³/mol. The summed E-state index contributed by atoms with van der Waals surface area (Å²) in [6.07, 6.45) is 5.99. The maximum Gasteiger partial charge on any atom is 0.222 e. The number of thiol groups is 1. The highest BCUT2D eigenvalue weighted by Gasteiger charge is 2.16. The molecule has 0 aromatic carbocycles. The van der Waals surface area contributed by atoms with Crippen molar-refractivity contribution in [2.24, 2.45) is 0 Å². The number of hydrogen-bond acceptors (Lipinski definition) is 5. The summed E-state index contributed by atoms with van der Waals surface area (Å²) in [5.74, 6) is 2.03. The van der Waals surface area contributed by atoms with Crippen molar-refractivity contribution in [3.05, 3.63) is 18.0 Å². The average Bonchev–Trinajstić information content (AvgIpc) is 2.38. The zero-order valence-corrected chi connectivity index (χ0v) is 10.1. The fourth-order valence-electron chi connectivity index (χ4n) is 1.84. The van der Waals surface area contributed by atoms with Crippen molar-refractivity contribution in [3.8, 4) is 0 Å². The van der Waals surface area contributed by atoms with Crippen molar-refractivity contribution < 1.29 is 4.74 Å². The maximum absolute atomic E-state index is 5.34. The van der Waals surface area contributed by atoms with Gasteiger partial charge in [0.15, 0.2) is 0 Å². The van der Waals surface area contributed by atoms with E-state index in [0.717, 1.165) is 38.4 Å². The highest BCUT2D eigenvalue weighted by Crippen LogP contribution is 2.25. The minimum Gasteiger partial charge on any atom is -0.381 e. The van der Waals surface area contributed by atoms with Crippen molar-refractivity contribution in [1.29, 1.82) is 0 Å². The van der Waals surface area contributed by atoms with E-state index in [9.17, 15) is 0 Å². The van der Waals surface area contributed by atoms with Gasteiger partial charge in [-0.2, -0.15) is 12.6 Å². The van der Waals surface area contributed by atoms with Crippen LogP contribution in [0.25, 0.3) is 0 Å². The molecule has 0 atom stereocenters. The summed E-state index contributed by atoms with van der Waals surface area (Å²) in [7, 11) is 0. The number of ether oxygens (including phenoxy) is 1. The molecule has 1 aromatic rings. The zero-order chi connectivity index (χ0) is 11.2. The van der Waals surface area contributed by atoms with E-state index >= 15 is 0 Å². The predicted octanol–water partition coefficient (Wildman–Crippen LogP) is 1.71. The third kappa shape index (κ3) is 3.09. The highest BCUT2D eigenvalue weighted by molar-refractivity contribution is 7.80. The zero-order valence-electron chi connectivity index (χ0n) is 9.22. The molecule has 4 nitrogen and oxygen atoms in total. The molecule has 1 fully saturated rings. The van der Waals surface area contributed by atoms with Crippen molar-refractivity contribution >= 4 is 18.6 Å². The SMILES string of the molecule is SCCNc1ncc(C2CCOCC2)cn1. The van der Waals surface area contributed by atoms with Crippen LogP contribution >= 0.6 is 12.6 Å². The summed E-state index contributed by atoms with van der Waals surface area (Å²) in [5.41, 5.74) is 1.22. The molecule has 1 saturated heterocycles. The molecule has 88 valence electrons. The fourth-order valence-corrected chi connectivity index (χ4v) is 1.95. The van der Waals surface area contributed by atoms with Gasteiger partial charge in [0, 0.05) is 37.9 Å². The van der Waals surface area contributed by atoms with E-state index < -0.39 is 0 Å². The molecular weight excluding hydrogens is 222 g/mol. The van der Waals surface area contributed by atoms with Crippen LogP contribution in [0, 0.1) is 0 Å². The van der Waals surface area contributed by atoms with E-state index in [1.54, 1.807) is 0 Å². The third-order valence-corrected chi connectivity index (χ3v) is 2.98. The van der Waals surface area contributed by atoms with Crippen LogP contribution in [0.5, 0.6) is 0 Å². The van der Waals surface area contributed by atoms with E-state index in [-0.39, 0.29) is 0 Å². The fraction of sp³-hybridized carbons (Fsp3) is 0.636. The van der Waals surface area contributed by atoms with Crippen LogP contribution in [0.4, 0.5) is 5.95 Å². The lowest BCUT2D eigenvalue weighted by Gasteiger charge is -2.21. The Kier molecular flexibility index (Phi) is 4.42. The number of aromatic nitrogens is 2. The molecule has 1 aliphatic heterocycles. The number of nitrogens with one attached hydrogen (secondary N) is 1. The molecule has 1 aromatic heterocycles. The van der Waals surface area contributed by atoms with Gasteiger partial charge in [0.05, 0.1) is 0 Å². The second-order valence-electron chi connectivity index (χ2n) is 3.88. The first-order valence-corrected chi connectivity index (χ1v) is 6.28. The van der Waals surface area contributed by atoms with Crippen LogP contribution in [0.15, 0.2) is 12.4 Å². The Bertz CT molecular complexity index is 312. The van der Waals surface area contributed by atoms with Crippen LogP contribution in [0.1, 0.15) is 24.3 Å². The lowest BCUT2D eigenvalue weighted by molar-refractivity contribution is 0.0852. The smallest absolute Gasteiger partial charge is 0.222 e. The van der Waals surface area contributed by atoms with Gasteiger partial charge in [0.2, 0.25) is 5.95 Å². The normalized spacial score (nSPS) is 17.3. The molecule has 0 spiro atoms. The van der Waals surface area contributed by atoms with Gasteiger partial charge in [0.25, 0.3) is 0 Å². The van der Waals surface area contributed by atoms with Crippen molar-refractivity contribution in [3.63, 3.8) is 0 Å². The van der Waals surface area contributed by atoms with Gasteiger partial charge in [-0.05, 0) is 24.3 Å². The summed E-state index contributed by atoms with van der Waals surface area (Å²) in [5, 5.41) is 3.10. The van der Waals surface area contributed by atoms with Gasteiger partial charge in [-0.3, -0.25) is 0 Å². The Hall–Kier alpha value is -0.810. The van der Waals surface area contributed by atoms with E-state index in [1.807, 2.05) is 12.4 Å². The molecule has 0 amide bonds. The lowest BCUT2D eigenvalue weighted by atomic mass is 9.94. The first kappa shape index (κ1) is 11.7. The molecular formula is C11H17N3OS. The Morgan fingerprint density at radius 3 is 2.62 bits per heavy atom. The standard InChI is InChI=1S/C11H17N3OS/c16-6-3-12-11-13-7-10(8-14-11)9-1-4-15-5-2-9/h7-9,16H,1-6H2,(H,12,13,14). The molecule has 0 unspecified atom stereocenters. The number of rotatable bonds is 4. The Labute approximate surface area is 101 Å². The largest absolute Gasteiger partial charge is 0.381 e. The average molecular weight is 239 g/mol. The van der Waals surface area contributed by atoms with Crippen molar-refractivity contribution in [1.82, 2.24) is 9.97 Å². The van der Waals surface area contributed by atoms with E-state index in [2.05, 4.69) is 27.9 Å². The molecule has 16 heavy (non-hydrogen) atoms. The quantitative estimate of drug-likeness (QED) is 0.785. The monoisotopic (exact) mass is 239 g/mol. The Morgan fingerprint density at radius 1 is 1.31 bits per heavy atom. The summed E-state index contributed by atoms with van der Waals surface area (Å²) in [4.78, 5) is 8.59. The molecule has 1 N–H and O–H groups in total. The van der Waals surface area contributed by atoms with Gasteiger partial charge >= 0.3 is 0 Å². The summed E-state index contributed by atoms with van der Waals surface area (Å²) in [6.45, 7) is 2.49. The summed E-state index contributed by atoms with van der Waals surface area (Å²) in [6, 6.07) is 0. The van der Waals surface area contributed by atoms with Gasteiger partial charge in [-0.25, -0.2) is 9.97 Å². The minimum absolute atomic E-state index is 0.563. The molecule has 0 aliphatic carbocycles. The van der Waals surface area contributed by atoms with Gasteiger partial charge in [-0.15, -0.1) is 0 Å². The molecule has 5 heteroatoms. The lowest BCUT2D eigenvalue weighted by Crippen LogP contribution is -2.15. The first-order chi connectivity index (χ1) is 7.90. The molecule has 0 bridgehead atoms. The molecule has 1 aliphatic rings. The Balaban J connectivity index is 1.95. The van der Waals surface area contributed by atoms with Crippen molar-refractivity contribution in [2.45, 2.75) is 18.8 Å². The minimum atomic E-state index is 0.563. The Morgan fingerprint density at radius 2 is 2.00 bits per heavy atom. The topological polar surface area (TPSA) is 47.0 Å². The highest BCUT2D eigenvalue weighted by atomic mass is 32.1. The van der Waals surface area contributed by atoms with Gasteiger partial charge < -0.3 is 10.1 Å². The molecule has 0 saturated carbocycles. The summed E-state index contributed by atoms with van der Waals surface area (Å²) >= 11 is 4.12. The van der Waals surface area contributed by atoms with Crippen LogP contribution in [-0.4, -0.2) is 35.5 Å². The van der Waals surface area contributed by atoms with Gasteiger partial charge in [-0.1, -0.05) is 0 Å². The van der Waals surface area contributed by atoms with E-state index in [4.69, 9.17) is 4.74 Å². The molecule has 2 rings (SSSR count). The van der Waals surface area contributed by atoms with Gasteiger partial charge in [0.1, 0.15) is 0 Å².